The summed E-state index contributed by atoms with van der Waals surface area (Å²) in [6.45, 7) is 3.76. The molecule has 2 amide bonds. The van der Waals surface area contributed by atoms with Crippen molar-refractivity contribution in [3.8, 4) is 11.3 Å². The molecular weight excluding hydrogens is 555 g/mol. The Kier molecular flexibility index (Phi) is 6.65. The van der Waals surface area contributed by atoms with E-state index in [1.165, 1.54) is 19.3 Å². The molecule has 8 nitrogen and oxygen atoms in total. The number of likely N-dealkylation sites (tertiary alicyclic amines) is 1. The van der Waals surface area contributed by atoms with Crippen molar-refractivity contribution < 1.29 is 9.59 Å². The highest BCUT2D eigenvalue weighted by atomic mass is 127. The van der Waals surface area contributed by atoms with E-state index in [0.29, 0.717) is 30.2 Å². The first-order chi connectivity index (χ1) is 15.9. The fourth-order valence-electron chi connectivity index (χ4n) is 5.38. The number of amides is 2. The molecule has 0 spiro atoms. The molecule has 3 aliphatic heterocycles. The van der Waals surface area contributed by atoms with Crippen LogP contribution in [0.1, 0.15) is 41.7 Å². The Morgan fingerprint density at radius 3 is 2.70 bits per heavy atom. The Morgan fingerprint density at radius 1 is 1.18 bits per heavy atom. The van der Waals surface area contributed by atoms with Gasteiger partial charge in [0.05, 0.1) is 23.0 Å². The summed E-state index contributed by atoms with van der Waals surface area (Å²) in [5.41, 5.74) is 8.94. The summed E-state index contributed by atoms with van der Waals surface area (Å²) in [6.07, 6.45) is 5.16. The van der Waals surface area contributed by atoms with E-state index in [0.717, 1.165) is 46.4 Å². The van der Waals surface area contributed by atoms with Crippen molar-refractivity contribution in [2.24, 2.45) is 5.73 Å². The molecule has 3 N–H and O–H groups in total. The van der Waals surface area contributed by atoms with E-state index in [4.69, 9.17) is 22.4 Å². The van der Waals surface area contributed by atoms with Crippen molar-refractivity contribution in [2.75, 3.05) is 26.2 Å². The zero-order valence-electron chi connectivity index (χ0n) is 18.4. The fraction of sp³-hybridized carbons (Fsp3) is 0.522. The zero-order chi connectivity index (χ0) is 23.1. The van der Waals surface area contributed by atoms with Gasteiger partial charge >= 0.3 is 6.03 Å². The van der Waals surface area contributed by atoms with Gasteiger partial charge in [0.25, 0.3) is 5.91 Å². The number of carbonyl (C=O) groups excluding carboxylic acids is 2. The van der Waals surface area contributed by atoms with Gasteiger partial charge < -0.3 is 16.0 Å². The lowest BCUT2D eigenvalue weighted by Crippen LogP contribution is -2.51. The molecule has 0 aliphatic carbocycles. The lowest BCUT2D eigenvalue weighted by atomic mass is 10.00. The summed E-state index contributed by atoms with van der Waals surface area (Å²) in [5.74, 6) is -0.0123. The Balaban J connectivity index is 1.53. The summed E-state index contributed by atoms with van der Waals surface area (Å²) in [6, 6.07) is 5.18. The molecular formula is C23H28ClIN6O2. The van der Waals surface area contributed by atoms with E-state index in [2.05, 4.69) is 32.8 Å². The van der Waals surface area contributed by atoms with Crippen molar-refractivity contribution in [2.45, 2.75) is 50.7 Å². The number of rotatable bonds is 3. The van der Waals surface area contributed by atoms with Crippen LogP contribution in [0.2, 0.25) is 5.02 Å². The van der Waals surface area contributed by atoms with Crippen LogP contribution in [0.15, 0.2) is 18.2 Å². The number of carbonyl (C=O) groups is 2. The minimum atomic E-state index is -0.459. The summed E-state index contributed by atoms with van der Waals surface area (Å²) in [5, 5.41) is 8.95. The number of nitrogens with two attached hydrogens (primary N) is 1. The van der Waals surface area contributed by atoms with Crippen LogP contribution in [0.3, 0.4) is 0 Å². The van der Waals surface area contributed by atoms with Crippen molar-refractivity contribution in [1.82, 2.24) is 24.9 Å². The highest BCUT2D eigenvalue weighted by Gasteiger charge is 2.40. The second-order valence-corrected chi connectivity index (χ2v) is 10.6. The number of urea groups is 1. The maximum atomic E-state index is 13.8. The largest absolute Gasteiger partial charge is 0.351 e. The van der Waals surface area contributed by atoms with Gasteiger partial charge in [0.2, 0.25) is 0 Å². The van der Waals surface area contributed by atoms with Crippen LogP contribution in [0.5, 0.6) is 0 Å². The van der Waals surface area contributed by atoms with Crippen LogP contribution in [0.25, 0.3) is 11.3 Å². The Labute approximate surface area is 211 Å². The Morgan fingerprint density at radius 2 is 1.97 bits per heavy atom. The average Bonchev–Trinajstić information content (AvgIpc) is 3.46. The number of hydrogen-bond acceptors (Lipinski definition) is 5. The lowest BCUT2D eigenvalue weighted by Gasteiger charge is -2.34. The molecule has 1 unspecified atom stereocenters. The zero-order valence-corrected chi connectivity index (χ0v) is 21.3. The first-order valence-corrected chi connectivity index (χ1v) is 13.0. The lowest BCUT2D eigenvalue weighted by molar-refractivity contribution is 0.0756. The molecule has 0 saturated carbocycles. The average molecular weight is 583 g/mol. The summed E-state index contributed by atoms with van der Waals surface area (Å²) in [7, 11) is 0. The predicted octanol–water partition coefficient (Wildman–Crippen LogP) is 3.10. The summed E-state index contributed by atoms with van der Waals surface area (Å²) >= 11 is 8.43. The number of fused-ring (bicyclic) bond motifs is 1. The van der Waals surface area contributed by atoms with Crippen molar-refractivity contribution in [3.63, 3.8) is 0 Å². The smallest absolute Gasteiger partial charge is 0.315 e. The van der Waals surface area contributed by atoms with Crippen LogP contribution < -0.4 is 11.1 Å². The number of piperidine rings is 1. The number of halogens is 2. The number of nitrogens with one attached hydrogen (secondary N) is 1. The number of primary amides is 1. The second-order valence-electron chi connectivity index (χ2n) is 9.05. The molecule has 2 aromatic rings. The SMILES string of the molecule is NC(=O)N1CCc2c(c(-c3ccc(Cl)c(I)c3)nn2C(=O)[C@@H]2NCCC2N2CCCCC2)C1. The fourth-order valence-corrected chi connectivity index (χ4v) is 6.01. The van der Waals surface area contributed by atoms with Gasteiger partial charge in [-0.25, -0.2) is 9.48 Å². The molecule has 1 aromatic heterocycles. The standard InChI is InChI=1S/C23H28ClIN6O2/c24-16-5-4-14(12-17(16)25)20-15-13-30(23(26)33)11-7-18(15)31(28-20)22(32)21-19(6-8-27-21)29-9-2-1-3-10-29/h4-5,12,19,21,27H,1-3,6-11,13H2,(H2,26,33)/t19?,21-/m1/s1. The first-order valence-electron chi connectivity index (χ1n) is 11.6. The number of aromatic nitrogens is 2. The van der Waals surface area contributed by atoms with Gasteiger partial charge in [-0.3, -0.25) is 9.69 Å². The maximum Gasteiger partial charge on any atom is 0.315 e. The van der Waals surface area contributed by atoms with Crippen molar-refractivity contribution in [1.29, 1.82) is 0 Å². The highest BCUT2D eigenvalue weighted by Crippen LogP contribution is 2.33. The summed E-state index contributed by atoms with van der Waals surface area (Å²) < 4.78 is 2.51. The monoisotopic (exact) mass is 582 g/mol. The molecule has 10 heteroatoms. The third-order valence-electron chi connectivity index (χ3n) is 7.09. The van der Waals surface area contributed by atoms with Gasteiger partial charge in [0.15, 0.2) is 0 Å². The molecule has 4 heterocycles. The number of hydrogen-bond donors (Lipinski definition) is 2. The van der Waals surface area contributed by atoms with Crippen LogP contribution in [-0.4, -0.2) is 69.8 Å². The second kappa shape index (κ2) is 9.52. The van der Waals surface area contributed by atoms with Crippen LogP contribution >= 0.6 is 34.2 Å². The molecule has 0 radical (unpaired) electrons. The van der Waals surface area contributed by atoms with Gasteiger partial charge in [-0.1, -0.05) is 24.1 Å². The third-order valence-corrected chi connectivity index (χ3v) is 8.63. The molecule has 176 valence electrons. The van der Waals surface area contributed by atoms with Crippen molar-refractivity contribution in [3.05, 3.63) is 38.0 Å². The maximum absolute atomic E-state index is 13.8. The quantitative estimate of drug-likeness (QED) is 0.543. The normalized spacial score (nSPS) is 23.5. The molecule has 33 heavy (non-hydrogen) atoms. The van der Waals surface area contributed by atoms with Crippen LogP contribution in [0.4, 0.5) is 4.79 Å². The van der Waals surface area contributed by atoms with E-state index in [1.54, 1.807) is 9.58 Å². The molecule has 2 fully saturated rings. The molecule has 0 bridgehead atoms. The number of benzene rings is 1. The molecule has 2 saturated heterocycles. The molecule has 5 rings (SSSR count). The Hall–Kier alpha value is -1.69. The topological polar surface area (TPSA) is 96.5 Å². The Bertz CT molecular complexity index is 1080. The van der Waals surface area contributed by atoms with E-state index in [1.807, 2.05) is 18.2 Å². The predicted molar refractivity (Wildman–Crippen MR) is 135 cm³/mol. The number of nitrogens with zero attached hydrogens (tertiary/aromatic N) is 4. The van der Waals surface area contributed by atoms with E-state index < -0.39 is 6.03 Å². The minimum Gasteiger partial charge on any atom is -0.351 e. The molecule has 2 atom stereocenters. The first kappa shape index (κ1) is 23.1. The molecule has 1 aromatic carbocycles. The third kappa shape index (κ3) is 4.40. The van der Waals surface area contributed by atoms with E-state index in [-0.39, 0.29) is 18.0 Å². The van der Waals surface area contributed by atoms with Gasteiger partial charge in [0, 0.05) is 33.7 Å². The van der Waals surface area contributed by atoms with Crippen LogP contribution in [-0.2, 0) is 13.0 Å². The van der Waals surface area contributed by atoms with Gasteiger partial charge in [-0.15, -0.1) is 0 Å². The van der Waals surface area contributed by atoms with Crippen LogP contribution in [0, 0.1) is 3.57 Å². The van der Waals surface area contributed by atoms with Crippen molar-refractivity contribution >= 4 is 46.1 Å². The highest BCUT2D eigenvalue weighted by molar-refractivity contribution is 14.1. The minimum absolute atomic E-state index is 0.0123. The van der Waals surface area contributed by atoms with Gasteiger partial charge in [0.1, 0.15) is 6.04 Å². The molecule has 3 aliphatic rings. The summed E-state index contributed by atoms with van der Waals surface area (Å²) in [4.78, 5) is 29.8. The van der Waals surface area contributed by atoms with Gasteiger partial charge in [-0.05, 0) is 73.6 Å². The van der Waals surface area contributed by atoms with E-state index in [9.17, 15) is 9.59 Å². The van der Waals surface area contributed by atoms with Gasteiger partial charge in [-0.2, -0.15) is 5.10 Å². The van der Waals surface area contributed by atoms with E-state index >= 15 is 0 Å².